The minimum Gasteiger partial charge on any atom is -0.495 e. The van der Waals surface area contributed by atoms with Gasteiger partial charge in [-0.05, 0) is 44.5 Å². The van der Waals surface area contributed by atoms with Crippen LogP contribution in [-0.4, -0.2) is 37.0 Å². The van der Waals surface area contributed by atoms with Crippen LogP contribution in [0, 0.1) is 0 Å². The Morgan fingerprint density at radius 1 is 1.50 bits per heavy atom. The van der Waals surface area contributed by atoms with Gasteiger partial charge in [0.2, 0.25) is 5.91 Å². The Kier molecular flexibility index (Phi) is 5.26. The molecule has 0 spiro atoms. The van der Waals surface area contributed by atoms with E-state index in [0.29, 0.717) is 29.0 Å². The van der Waals surface area contributed by atoms with E-state index in [1.54, 1.807) is 25.3 Å². The summed E-state index contributed by atoms with van der Waals surface area (Å²) in [6.45, 7) is 3.61. The highest BCUT2D eigenvalue weighted by Crippen LogP contribution is 2.27. The second-order valence-corrected chi connectivity index (χ2v) is 5.62. The summed E-state index contributed by atoms with van der Waals surface area (Å²) >= 11 is 6.04. The third-order valence-corrected chi connectivity index (χ3v) is 4.02. The van der Waals surface area contributed by atoms with E-state index >= 15 is 0 Å². The molecule has 1 N–H and O–H groups in total. The van der Waals surface area contributed by atoms with E-state index in [-0.39, 0.29) is 5.91 Å². The number of carbonyl (C=O) groups excluding carboxylic acids is 1. The minimum atomic E-state index is -0.0000153. The van der Waals surface area contributed by atoms with Crippen LogP contribution in [0.15, 0.2) is 18.2 Å². The number of rotatable bonds is 4. The first-order valence-corrected chi connectivity index (χ1v) is 7.35. The van der Waals surface area contributed by atoms with Gasteiger partial charge in [-0.3, -0.25) is 9.69 Å². The fourth-order valence-electron chi connectivity index (χ4n) is 2.52. The van der Waals surface area contributed by atoms with Gasteiger partial charge in [0.15, 0.2) is 0 Å². The zero-order chi connectivity index (χ0) is 14.5. The van der Waals surface area contributed by atoms with Gasteiger partial charge in [-0.25, -0.2) is 0 Å². The first kappa shape index (κ1) is 15.1. The summed E-state index contributed by atoms with van der Waals surface area (Å²) in [6, 6.07) is 5.73. The van der Waals surface area contributed by atoms with Crippen molar-refractivity contribution in [3.05, 3.63) is 23.2 Å². The van der Waals surface area contributed by atoms with Crippen LogP contribution < -0.4 is 10.1 Å². The van der Waals surface area contributed by atoms with Crippen molar-refractivity contribution in [2.24, 2.45) is 0 Å². The van der Waals surface area contributed by atoms with Crippen LogP contribution in [0.3, 0.4) is 0 Å². The Morgan fingerprint density at radius 3 is 2.95 bits per heavy atom. The van der Waals surface area contributed by atoms with Gasteiger partial charge in [0.05, 0.1) is 18.7 Å². The monoisotopic (exact) mass is 296 g/mol. The van der Waals surface area contributed by atoms with E-state index < -0.39 is 0 Å². The zero-order valence-electron chi connectivity index (χ0n) is 12.0. The lowest BCUT2D eigenvalue weighted by atomic mass is 10.0. The number of halogens is 1. The fourth-order valence-corrected chi connectivity index (χ4v) is 2.78. The lowest BCUT2D eigenvalue weighted by molar-refractivity contribution is -0.118. The number of benzene rings is 1. The molecule has 1 aromatic carbocycles. The lowest BCUT2D eigenvalue weighted by Gasteiger charge is -2.32. The lowest BCUT2D eigenvalue weighted by Crippen LogP contribution is -2.42. The first-order valence-electron chi connectivity index (χ1n) is 6.97. The number of nitrogens with zero attached hydrogens (tertiary/aromatic N) is 1. The number of methoxy groups -OCH3 is 1. The highest BCUT2D eigenvalue weighted by atomic mass is 35.5. The molecule has 1 fully saturated rings. The van der Waals surface area contributed by atoms with Crippen LogP contribution in [0.5, 0.6) is 5.75 Å². The molecule has 5 heteroatoms. The van der Waals surface area contributed by atoms with Crippen LogP contribution in [0.2, 0.25) is 5.02 Å². The Bertz CT molecular complexity index is 479. The SMILES string of the molecule is COc1ccc(NC(=O)CN2CCCC[C@@H]2C)cc1Cl. The third kappa shape index (κ3) is 3.87. The summed E-state index contributed by atoms with van der Waals surface area (Å²) in [5.74, 6) is 0.606. The molecule has 0 aliphatic carbocycles. The van der Waals surface area contributed by atoms with Crippen LogP contribution in [0.4, 0.5) is 5.69 Å². The zero-order valence-corrected chi connectivity index (χ0v) is 12.7. The second-order valence-electron chi connectivity index (χ2n) is 5.21. The van der Waals surface area contributed by atoms with Crippen LogP contribution in [0.25, 0.3) is 0 Å². The molecule has 4 nitrogen and oxygen atoms in total. The van der Waals surface area contributed by atoms with E-state index in [1.165, 1.54) is 19.3 Å². The van der Waals surface area contributed by atoms with E-state index in [1.807, 2.05) is 0 Å². The Labute approximate surface area is 125 Å². The number of likely N-dealkylation sites (tertiary alicyclic amines) is 1. The molecular formula is C15H21ClN2O2. The number of nitrogens with one attached hydrogen (secondary N) is 1. The highest BCUT2D eigenvalue weighted by Gasteiger charge is 2.20. The van der Waals surface area contributed by atoms with E-state index in [0.717, 1.165) is 6.54 Å². The van der Waals surface area contributed by atoms with Crippen molar-refractivity contribution in [3.63, 3.8) is 0 Å². The van der Waals surface area contributed by atoms with Crippen molar-refractivity contribution in [2.45, 2.75) is 32.2 Å². The van der Waals surface area contributed by atoms with Gasteiger partial charge in [0.1, 0.15) is 5.75 Å². The molecule has 1 saturated heterocycles. The number of piperidine rings is 1. The molecule has 1 aliphatic rings. The number of ether oxygens (including phenoxy) is 1. The first-order chi connectivity index (χ1) is 9.60. The maximum absolute atomic E-state index is 12.1. The molecule has 20 heavy (non-hydrogen) atoms. The molecule has 1 heterocycles. The minimum absolute atomic E-state index is 0.0000153. The molecule has 0 unspecified atom stereocenters. The topological polar surface area (TPSA) is 41.6 Å². The third-order valence-electron chi connectivity index (χ3n) is 3.72. The van der Waals surface area contributed by atoms with Gasteiger partial charge >= 0.3 is 0 Å². The molecule has 110 valence electrons. The number of amides is 1. The van der Waals surface area contributed by atoms with Crippen molar-refractivity contribution in [1.29, 1.82) is 0 Å². The summed E-state index contributed by atoms with van der Waals surface area (Å²) in [7, 11) is 1.57. The van der Waals surface area contributed by atoms with Crippen molar-refractivity contribution in [3.8, 4) is 5.75 Å². The molecule has 1 amide bonds. The molecular weight excluding hydrogens is 276 g/mol. The van der Waals surface area contributed by atoms with Crippen molar-refractivity contribution >= 4 is 23.2 Å². The number of carbonyl (C=O) groups is 1. The summed E-state index contributed by atoms with van der Waals surface area (Å²) in [5, 5.41) is 3.38. The molecule has 0 bridgehead atoms. The van der Waals surface area contributed by atoms with Crippen LogP contribution in [-0.2, 0) is 4.79 Å². The average Bonchev–Trinajstić information content (AvgIpc) is 2.41. The van der Waals surface area contributed by atoms with Gasteiger partial charge < -0.3 is 10.1 Å². The van der Waals surface area contributed by atoms with Crippen molar-refractivity contribution in [1.82, 2.24) is 4.90 Å². The normalized spacial score (nSPS) is 19.6. The largest absolute Gasteiger partial charge is 0.495 e. The summed E-state index contributed by atoms with van der Waals surface area (Å²) in [6.07, 6.45) is 3.60. The molecule has 0 aromatic heterocycles. The maximum atomic E-state index is 12.1. The van der Waals surface area contributed by atoms with Crippen LogP contribution in [0.1, 0.15) is 26.2 Å². The molecule has 1 aliphatic heterocycles. The fraction of sp³-hybridized carbons (Fsp3) is 0.533. The van der Waals surface area contributed by atoms with Gasteiger partial charge in [-0.15, -0.1) is 0 Å². The van der Waals surface area contributed by atoms with E-state index in [9.17, 15) is 4.79 Å². The number of anilines is 1. The Balaban J connectivity index is 1.92. The van der Waals surface area contributed by atoms with E-state index in [4.69, 9.17) is 16.3 Å². The number of hydrogen-bond donors (Lipinski definition) is 1. The summed E-state index contributed by atoms with van der Waals surface area (Å²) < 4.78 is 5.09. The predicted molar refractivity (Wildman–Crippen MR) is 81.5 cm³/mol. The van der Waals surface area contributed by atoms with Crippen molar-refractivity contribution < 1.29 is 9.53 Å². The molecule has 2 rings (SSSR count). The summed E-state index contributed by atoms with van der Waals surface area (Å²) in [4.78, 5) is 14.3. The highest BCUT2D eigenvalue weighted by molar-refractivity contribution is 6.32. The van der Waals surface area contributed by atoms with E-state index in [2.05, 4.69) is 17.1 Å². The van der Waals surface area contributed by atoms with Gasteiger partial charge in [-0.2, -0.15) is 0 Å². The molecule has 1 atom stereocenters. The Morgan fingerprint density at radius 2 is 2.30 bits per heavy atom. The maximum Gasteiger partial charge on any atom is 0.238 e. The van der Waals surface area contributed by atoms with Gasteiger partial charge in [-0.1, -0.05) is 18.0 Å². The van der Waals surface area contributed by atoms with Gasteiger partial charge in [0, 0.05) is 11.7 Å². The predicted octanol–water partition coefficient (Wildman–Crippen LogP) is 3.16. The summed E-state index contributed by atoms with van der Waals surface area (Å²) in [5.41, 5.74) is 0.700. The Hall–Kier alpha value is -1.26. The average molecular weight is 297 g/mol. The molecule has 0 radical (unpaired) electrons. The standard InChI is InChI=1S/C15H21ClN2O2/c1-11-5-3-4-8-18(11)10-15(19)17-12-6-7-14(20-2)13(16)9-12/h6-7,9,11H,3-5,8,10H2,1-2H3,(H,17,19)/t11-/m0/s1. The second kappa shape index (κ2) is 6.95. The molecule has 1 aromatic rings. The quantitative estimate of drug-likeness (QED) is 0.928. The smallest absolute Gasteiger partial charge is 0.238 e. The number of hydrogen-bond acceptors (Lipinski definition) is 3. The van der Waals surface area contributed by atoms with Crippen molar-refractivity contribution in [2.75, 3.05) is 25.5 Å². The van der Waals surface area contributed by atoms with Gasteiger partial charge in [0.25, 0.3) is 0 Å². The molecule has 0 saturated carbocycles. The van der Waals surface area contributed by atoms with Crippen LogP contribution >= 0.6 is 11.6 Å².